The van der Waals surface area contributed by atoms with Crippen molar-refractivity contribution < 1.29 is 4.74 Å². The highest BCUT2D eigenvalue weighted by atomic mass is 35.5. The van der Waals surface area contributed by atoms with Gasteiger partial charge < -0.3 is 9.72 Å². The lowest BCUT2D eigenvalue weighted by atomic mass is 10.2. The van der Waals surface area contributed by atoms with Gasteiger partial charge in [-0.2, -0.15) is 0 Å². The summed E-state index contributed by atoms with van der Waals surface area (Å²) in [5.74, 6) is 1.66. The number of hydrogen-bond acceptors (Lipinski definition) is 2. The number of benzene rings is 3. The number of halogens is 1. The molecule has 0 fully saturated rings. The van der Waals surface area contributed by atoms with Crippen LogP contribution in [-0.2, 0) is 6.61 Å². The first kappa shape index (κ1) is 14.8. The third-order valence-electron chi connectivity index (χ3n) is 3.82. The molecule has 0 spiro atoms. The van der Waals surface area contributed by atoms with Crippen LogP contribution in [0.15, 0.2) is 72.8 Å². The molecule has 0 saturated carbocycles. The van der Waals surface area contributed by atoms with E-state index in [1.165, 1.54) is 0 Å². The SMILES string of the molecule is Clc1ccc2nc(-c3ccc(OCc4ccccc4)cc3)[nH]c2c1. The lowest BCUT2D eigenvalue weighted by molar-refractivity contribution is 0.306. The van der Waals surface area contributed by atoms with Crippen LogP contribution in [0.1, 0.15) is 5.56 Å². The number of ether oxygens (including phenoxy) is 1. The molecule has 0 unspecified atom stereocenters. The molecule has 0 saturated heterocycles. The molecule has 4 rings (SSSR count). The number of rotatable bonds is 4. The van der Waals surface area contributed by atoms with Crippen LogP contribution in [0.3, 0.4) is 0 Å². The number of hydrogen-bond donors (Lipinski definition) is 1. The van der Waals surface area contributed by atoms with Gasteiger partial charge in [-0.15, -0.1) is 0 Å². The summed E-state index contributed by atoms with van der Waals surface area (Å²) in [6, 6.07) is 23.7. The molecule has 0 atom stereocenters. The minimum Gasteiger partial charge on any atom is -0.489 e. The summed E-state index contributed by atoms with van der Waals surface area (Å²) < 4.78 is 5.81. The minimum atomic E-state index is 0.559. The fourth-order valence-electron chi connectivity index (χ4n) is 2.57. The zero-order valence-electron chi connectivity index (χ0n) is 12.9. The van der Waals surface area contributed by atoms with Crippen molar-refractivity contribution in [2.45, 2.75) is 6.61 Å². The average molecular weight is 335 g/mol. The molecule has 0 aliphatic carbocycles. The molecular weight excluding hydrogens is 320 g/mol. The van der Waals surface area contributed by atoms with Crippen molar-refractivity contribution in [1.29, 1.82) is 0 Å². The normalized spacial score (nSPS) is 10.9. The second kappa shape index (κ2) is 6.38. The van der Waals surface area contributed by atoms with Gasteiger partial charge in [0.2, 0.25) is 0 Å². The van der Waals surface area contributed by atoms with E-state index in [0.717, 1.165) is 33.7 Å². The van der Waals surface area contributed by atoms with Gasteiger partial charge in [0.1, 0.15) is 18.2 Å². The molecule has 0 aliphatic heterocycles. The minimum absolute atomic E-state index is 0.559. The fourth-order valence-corrected chi connectivity index (χ4v) is 2.74. The van der Waals surface area contributed by atoms with Crippen LogP contribution in [0.2, 0.25) is 5.02 Å². The van der Waals surface area contributed by atoms with E-state index in [4.69, 9.17) is 16.3 Å². The van der Waals surface area contributed by atoms with Gasteiger partial charge in [-0.05, 0) is 48.0 Å². The van der Waals surface area contributed by atoms with Crippen LogP contribution >= 0.6 is 11.6 Å². The van der Waals surface area contributed by atoms with Crippen LogP contribution in [0.4, 0.5) is 0 Å². The number of nitrogens with zero attached hydrogens (tertiary/aromatic N) is 1. The summed E-state index contributed by atoms with van der Waals surface area (Å²) >= 11 is 6.02. The zero-order valence-corrected chi connectivity index (χ0v) is 13.6. The maximum Gasteiger partial charge on any atom is 0.138 e. The maximum absolute atomic E-state index is 6.02. The van der Waals surface area contributed by atoms with Crippen molar-refractivity contribution in [2.24, 2.45) is 0 Å². The lowest BCUT2D eigenvalue weighted by Gasteiger charge is -2.06. The second-order valence-electron chi connectivity index (χ2n) is 5.55. The van der Waals surface area contributed by atoms with E-state index < -0.39 is 0 Å². The summed E-state index contributed by atoms with van der Waals surface area (Å²) in [4.78, 5) is 7.89. The van der Waals surface area contributed by atoms with Crippen LogP contribution in [0, 0.1) is 0 Å². The lowest BCUT2D eigenvalue weighted by Crippen LogP contribution is -1.94. The van der Waals surface area contributed by atoms with Crippen LogP contribution in [-0.4, -0.2) is 9.97 Å². The number of fused-ring (bicyclic) bond motifs is 1. The number of H-pyrrole nitrogens is 1. The van der Waals surface area contributed by atoms with Crippen LogP contribution < -0.4 is 4.74 Å². The Balaban J connectivity index is 1.52. The van der Waals surface area contributed by atoms with Crippen LogP contribution in [0.25, 0.3) is 22.4 Å². The molecule has 0 radical (unpaired) electrons. The van der Waals surface area contributed by atoms with E-state index in [1.807, 2.05) is 72.8 Å². The van der Waals surface area contributed by atoms with Crippen molar-refractivity contribution in [3.63, 3.8) is 0 Å². The first-order chi connectivity index (χ1) is 11.8. The summed E-state index contributed by atoms with van der Waals surface area (Å²) in [6.45, 7) is 0.559. The average Bonchev–Trinajstić information content (AvgIpc) is 3.04. The monoisotopic (exact) mass is 334 g/mol. The first-order valence-electron chi connectivity index (χ1n) is 7.70. The largest absolute Gasteiger partial charge is 0.489 e. The van der Waals surface area contributed by atoms with Gasteiger partial charge >= 0.3 is 0 Å². The molecule has 4 heteroatoms. The van der Waals surface area contributed by atoms with Gasteiger partial charge in [-0.25, -0.2) is 4.98 Å². The number of imidazole rings is 1. The van der Waals surface area contributed by atoms with Crippen molar-refractivity contribution in [1.82, 2.24) is 9.97 Å². The molecule has 118 valence electrons. The van der Waals surface area contributed by atoms with E-state index in [1.54, 1.807) is 0 Å². The molecule has 0 amide bonds. The van der Waals surface area contributed by atoms with Gasteiger partial charge in [-0.1, -0.05) is 41.9 Å². The highest BCUT2D eigenvalue weighted by Gasteiger charge is 2.06. The standard InChI is InChI=1S/C20H15ClN2O/c21-16-8-11-18-19(12-16)23-20(22-18)15-6-9-17(10-7-15)24-13-14-4-2-1-3-5-14/h1-12H,13H2,(H,22,23). The predicted molar refractivity (Wildman–Crippen MR) is 97.3 cm³/mol. The molecular formula is C20H15ClN2O. The second-order valence-corrected chi connectivity index (χ2v) is 5.98. The number of aromatic amines is 1. The molecule has 0 aliphatic rings. The Morgan fingerprint density at radius 2 is 1.71 bits per heavy atom. The zero-order chi connectivity index (χ0) is 16.4. The topological polar surface area (TPSA) is 37.9 Å². The van der Waals surface area contributed by atoms with Gasteiger partial charge in [-0.3, -0.25) is 0 Å². The van der Waals surface area contributed by atoms with Crippen molar-refractivity contribution in [3.8, 4) is 17.1 Å². The van der Waals surface area contributed by atoms with Gasteiger partial charge in [0.05, 0.1) is 11.0 Å². The van der Waals surface area contributed by atoms with E-state index in [2.05, 4.69) is 9.97 Å². The molecule has 24 heavy (non-hydrogen) atoms. The number of aromatic nitrogens is 2. The van der Waals surface area contributed by atoms with E-state index >= 15 is 0 Å². The van der Waals surface area contributed by atoms with Crippen molar-refractivity contribution in [3.05, 3.63) is 83.4 Å². The summed E-state index contributed by atoms with van der Waals surface area (Å²) in [5, 5.41) is 0.697. The summed E-state index contributed by atoms with van der Waals surface area (Å²) in [5.41, 5.74) is 3.99. The molecule has 3 aromatic carbocycles. The van der Waals surface area contributed by atoms with E-state index in [9.17, 15) is 0 Å². The molecule has 4 aromatic rings. The van der Waals surface area contributed by atoms with Gasteiger partial charge in [0.25, 0.3) is 0 Å². The van der Waals surface area contributed by atoms with Crippen LogP contribution in [0.5, 0.6) is 5.75 Å². The quantitative estimate of drug-likeness (QED) is 0.538. The van der Waals surface area contributed by atoms with Gasteiger partial charge in [0.15, 0.2) is 0 Å². The molecule has 1 aromatic heterocycles. The Labute approximate surface area is 144 Å². The Morgan fingerprint density at radius 3 is 2.50 bits per heavy atom. The third kappa shape index (κ3) is 3.12. The first-order valence-corrected chi connectivity index (χ1v) is 8.08. The van der Waals surface area contributed by atoms with Crippen molar-refractivity contribution >= 4 is 22.6 Å². The van der Waals surface area contributed by atoms with Gasteiger partial charge in [0, 0.05) is 10.6 Å². The summed E-state index contributed by atoms with van der Waals surface area (Å²) in [6.07, 6.45) is 0. The third-order valence-corrected chi connectivity index (χ3v) is 4.06. The Bertz CT molecular complexity index is 962. The molecule has 1 N–H and O–H groups in total. The van der Waals surface area contributed by atoms with E-state index in [0.29, 0.717) is 11.6 Å². The smallest absolute Gasteiger partial charge is 0.138 e. The number of nitrogens with one attached hydrogen (secondary N) is 1. The Morgan fingerprint density at radius 1 is 0.917 bits per heavy atom. The summed E-state index contributed by atoms with van der Waals surface area (Å²) in [7, 11) is 0. The predicted octanol–water partition coefficient (Wildman–Crippen LogP) is 5.46. The van der Waals surface area contributed by atoms with Crippen molar-refractivity contribution in [2.75, 3.05) is 0 Å². The molecule has 1 heterocycles. The highest BCUT2D eigenvalue weighted by molar-refractivity contribution is 6.31. The maximum atomic E-state index is 6.02. The molecule has 3 nitrogen and oxygen atoms in total. The highest BCUT2D eigenvalue weighted by Crippen LogP contribution is 2.24. The Kier molecular flexibility index (Phi) is 3.93. The molecule has 0 bridgehead atoms. The van der Waals surface area contributed by atoms with E-state index in [-0.39, 0.29) is 0 Å². The fraction of sp³-hybridized carbons (Fsp3) is 0.0500. The Hall–Kier alpha value is -2.78.